The van der Waals surface area contributed by atoms with Crippen LogP contribution >= 0.6 is 0 Å². The smallest absolute Gasteiger partial charge is 0.339 e. The van der Waals surface area contributed by atoms with Gasteiger partial charge in [0.15, 0.2) is 0 Å². The molecule has 22 heavy (non-hydrogen) atoms. The molecule has 1 aliphatic rings. The first-order valence-corrected chi connectivity index (χ1v) is 7.77. The third kappa shape index (κ3) is 4.44. The average molecular weight is 306 g/mol. The fourth-order valence-electron chi connectivity index (χ4n) is 3.05. The Morgan fingerprint density at radius 3 is 2.41 bits per heavy atom. The number of aliphatic carboxylic acids is 2. The highest BCUT2D eigenvalue weighted by atomic mass is 16.4. The van der Waals surface area contributed by atoms with Crippen molar-refractivity contribution >= 4 is 17.5 Å². The fraction of sp³-hybridized carbons (Fsp3) is 0.562. The Hall–Kier alpha value is -2.11. The van der Waals surface area contributed by atoms with Gasteiger partial charge in [-0.15, -0.1) is 0 Å². The molecule has 120 valence electrons. The predicted octanol–water partition coefficient (Wildman–Crippen LogP) is 2.80. The fourth-order valence-corrected chi connectivity index (χ4v) is 3.05. The average Bonchev–Trinajstić information content (AvgIpc) is 2.86. The van der Waals surface area contributed by atoms with Crippen LogP contribution in [0.1, 0.15) is 50.8 Å². The molecule has 1 aliphatic carbocycles. The molecule has 0 aromatic carbocycles. The lowest BCUT2D eigenvalue weighted by Crippen LogP contribution is -2.16. The van der Waals surface area contributed by atoms with Gasteiger partial charge in [-0.2, -0.15) is 0 Å². The van der Waals surface area contributed by atoms with Crippen molar-refractivity contribution < 1.29 is 19.8 Å². The van der Waals surface area contributed by atoms with E-state index in [1.165, 1.54) is 38.3 Å². The topological polar surface area (TPSA) is 92.4 Å². The molecule has 0 bridgehead atoms. The summed E-state index contributed by atoms with van der Waals surface area (Å²) in [4.78, 5) is 26.2. The third-order valence-electron chi connectivity index (χ3n) is 4.13. The summed E-state index contributed by atoms with van der Waals surface area (Å²) in [6, 6.07) is 0. The van der Waals surface area contributed by atoms with E-state index >= 15 is 0 Å². The zero-order valence-electron chi connectivity index (χ0n) is 12.6. The zero-order chi connectivity index (χ0) is 15.9. The van der Waals surface area contributed by atoms with Gasteiger partial charge >= 0.3 is 11.9 Å². The molecule has 0 atom stereocenters. The quantitative estimate of drug-likeness (QED) is 0.816. The molecule has 1 aromatic heterocycles. The van der Waals surface area contributed by atoms with Crippen LogP contribution in [0.25, 0.3) is 5.57 Å². The molecule has 0 amide bonds. The second-order valence-electron chi connectivity index (χ2n) is 5.82. The van der Waals surface area contributed by atoms with Crippen LogP contribution in [-0.4, -0.2) is 31.7 Å². The van der Waals surface area contributed by atoms with E-state index in [1.807, 2.05) is 0 Å². The zero-order valence-corrected chi connectivity index (χ0v) is 12.6. The minimum absolute atomic E-state index is 0.219. The lowest BCUT2D eigenvalue weighted by molar-refractivity contribution is -0.133. The Morgan fingerprint density at radius 1 is 1.18 bits per heavy atom. The summed E-state index contributed by atoms with van der Waals surface area (Å²) in [6.07, 6.45) is 12.4. The largest absolute Gasteiger partial charge is 0.478 e. The second-order valence-corrected chi connectivity index (χ2v) is 5.82. The van der Waals surface area contributed by atoms with Crippen LogP contribution in [0.3, 0.4) is 0 Å². The maximum Gasteiger partial charge on any atom is 0.339 e. The van der Waals surface area contributed by atoms with Crippen molar-refractivity contribution in [2.75, 3.05) is 0 Å². The van der Waals surface area contributed by atoms with Crippen molar-refractivity contribution in [1.82, 2.24) is 9.55 Å². The molecule has 0 spiro atoms. The first-order chi connectivity index (χ1) is 10.6. The number of carboxylic acid groups (broad SMARTS) is 2. The molecule has 6 nitrogen and oxygen atoms in total. The molecule has 2 N–H and O–H groups in total. The molecule has 0 radical (unpaired) electrons. The van der Waals surface area contributed by atoms with Crippen molar-refractivity contribution in [1.29, 1.82) is 0 Å². The molecule has 0 aliphatic heterocycles. The third-order valence-corrected chi connectivity index (χ3v) is 4.13. The SMILES string of the molecule is O=C(O)/C=C(/C(=O)O)c1nccn1CC1CCCCCCC1. The summed E-state index contributed by atoms with van der Waals surface area (Å²) in [5.74, 6) is -1.84. The van der Waals surface area contributed by atoms with E-state index in [4.69, 9.17) is 5.11 Å². The number of hydrogen-bond acceptors (Lipinski definition) is 3. The number of carbonyl (C=O) groups is 2. The van der Waals surface area contributed by atoms with E-state index in [0.29, 0.717) is 18.5 Å². The van der Waals surface area contributed by atoms with Crippen LogP contribution in [0.15, 0.2) is 18.5 Å². The van der Waals surface area contributed by atoms with Crippen molar-refractivity contribution in [3.05, 3.63) is 24.3 Å². The van der Waals surface area contributed by atoms with E-state index in [1.54, 1.807) is 10.8 Å². The van der Waals surface area contributed by atoms with E-state index in [0.717, 1.165) is 12.8 Å². The Labute approximate surface area is 129 Å². The molecule has 0 saturated heterocycles. The summed E-state index contributed by atoms with van der Waals surface area (Å²) in [5.41, 5.74) is -0.275. The number of carboxylic acids is 2. The first kappa shape index (κ1) is 16.3. The number of nitrogens with zero attached hydrogens (tertiary/aromatic N) is 2. The molecule has 1 saturated carbocycles. The van der Waals surface area contributed by atoms with Gasteiger partial charge < -0.3 is 14.8 Å². The summed E-state index contributed by atoms with van der Waals surface area (Å²) < 4.78 is 1.77. The Balaban J connectivity index is 2.17. The Kier molecular flexibility index (Phi) is 5.75. The van der Waals surface area contributed by atoms with Crippen molar-refractivity contribution in [2.24, 2.45) is 5.92 Å². The normalized spacial score (nSPS) is 17.7. The molecular weight excluding hydrogens is 284 g/mol. The number of imidazole rings is 1. The van der Waals surface area contributed by atoms with Crippen LogP contribution in [0, 0.1) is 5.92 Å². The maximum absolute atomic E-state index is 11.3. The van der Waals surface area contributed by atoms with Crippen LogP contribution in [0.2, 0.25) is 0 Å². The van der Waals surface area contributed by atoms with Gasteiger partial charge in [0.2, 0.25) is 0 Å². The highest BCUT2D eigenvalue weighted by Crippen LogP contribution is 2.25. The summed E-state index contributed by atoms with van der Waals surface area (Å²) in [7, 11) is 0. The highest BCUT2D eigenvalue weighted by molar-refractivity contribution is 6.18. The van der Waals surface area contributed by atoms with Gasteiger partial charge in [0.05, 0.1) is 0 Å². The number of aromatic nitrogens is 2. The van der Waals surface area contributed by atoms with Crippen molar-refractivity contribution in [3.63, 3.8) is 0 Å². The molecular formula is C16H22N2O4. The minimum atomic E-state index is -1.28. The molecule has 0 unspecified atom stereocenters. The standard InChI is InChI=1S/C16H22N2O4/c19-14(20)10-13(16(21)22)15-17-8-9-18(15)11-12-6-4-2-1-3-5-7-12/h8-10,12H,1-7,11H2,(H,19,20)(H,21,22)/b13-10+. The van der Waals surface area contributed by atoms with E-state index in [9.17, 15) is 14.7 Å². The van der Waals surface area contributed by atoms with Gasteiger partial charge in [0, 0.05) is 25.0 Å². The van der Waals surface area contributed by atoms with Gasteiger partial charge in [0.25, 0.3) is 0 Å². The van der Waals surface area contributed by atoms with Crippen LogP contribution in [-0.2, 0) is 16.1 Å². The molecule has 2 rings (SSSR count). The minimum Gasteiger partial charge on any atom is -0.478 e. The van der Waals surface area contributed by atoms with E-state index < -0.39 is 11.9 Å². The van der Waals surface area contributed by atoms with Gasteiger partial charge in [-0.25, -0.2) is 14.6 Å². The molecule has 1 fully saturated rings. The van der Waals surface area contributed by atoms with E-state index in [2.05, 4.69) is 4.98 Å². The highest BCUT2D eigenvalue weighted by Gasteiger charge is 2.20. The van der Waals surface area contributed by atoms with Gasteiger partial charge in [-0.1, -0.05) is 32.1 Å². The monoisotopic (exact) mass is 306 g/mol. The number of hydrogen-bond donors (Lipinski definition) is 2. The van der Waals surface area contributed by atoms with Crippen LogP contribution in [0.4, 0.5) is 0 Å². The number of rotatable bonds is 5. The van der Waals surface area contributed by atoms with Gasteiger partial charge in [0.1, 0.15) is 11.4 Å². The molecule has 1 heterocycles. The van der Waals surface area contributed by atoms with Crippen molar-refractivity contribution in [3.8, 4) is 0 Å². The van der Waals surface area contributed by atoms with Crippen LogP contribution in [0.5, 0.6) is 0 Å². The Bertz CT molecular complexity index is 554. The Morgan fingerprint density at radius 2 is 1.82 bits per heavy atom. The van der Waals surface area contributed by atoms with Crippen molar-refractivity contribution in [2.45, 2.75) is 51.5 Å². The van der Waals surface area contributed by atoms with Crippen LogP contribution < -0.4 is 0 Å². The van der Waals surface area contributed by atoms with Gasteiger partial charge in [-0.3, -0.25) is 0 Å². The lowest BCUT2D eigenvalue weighted by Gasteiger charge is -2.21. The first-order valence-electron chi connectivity index (χ1n) is 7.77. The predicted molar refractivity (Wildman–Crippen MR) is 81.3 cm³/mol. The summed E-state index contributed by atoms with van der Waals surface area (Å²) in [5, 5.41) is 18.1. The second kappa shape index (κ2) is 7.77. The molecule has 1 aromatic rings. The summed E-state index contributed by atoms with van der Waals surface area (Å²) in [6.45, 7) is 0.694. The van der Waals surface area contributed by atoms with E-state index in [-0.39, 0.29) is 11.4 Å². The lowest BCUT2D eigenvalue weighted by atomic mass is 9.91. The summed E-state index contributed by atoms with van der Waals surface area (Å²) >= 11 is 0. The van der Waals surface area contributed by atoms with Gasteiger partial charge in [-0.05, 0) is 18.8 Å². The maximum atomic E-state index is 11.3. The molecule has 6 heteroatoms.